The molecule has 0 aromatic carbocycles. The molecule has 80 valence electrons. The Kier molecular flexibility index (Phi) is 2.08. The third-order valence-electron chi connectivity index (χ3n) is 3.92. The van der Waals surface area contributed by atoms with Gasteiger partial charge < -0.3 is 10.5 Å². The van der Waals surface area contributed by atoms with Gasteiger partial charge in [-0.15, -0.1) is 0 Å². The Labute approximate surface area is 85.6 Å². The van der Waals surface area contributed by atoms with Gasteiger partial charge in [-0.05, 0) is 31.6 Å². The lowest BCUT2D eigenvalue weighted by molar-refractivity contribution is 0.00300. The molecule has 2 N–H and O–H groups in total. The van der Waals surface area contributed by atoms with Crippen LogP contribution in [0, 0.1) is 5.92 Å². The van der Waals surface area contributed by atoms with Gasteiger partial charge in [0.2, 0.25) is 0 Å². The van der Waals surface area contributed by atoms with Crippen LogP contribution in [0.1, 0.15) is 25.7 Å². The molecule has 0 amide bonds. The molecule has 3 fully saturated rings. The third-order valence-corrected chi connectivity index (χ3v) is 3.92. The Balaban J connectivity index is 1.70. The van der Waals surface area contributed by atoms with Gasteiger partial charge in [-0.25, -0.2) is 0 Å². The number of hydrogen-bond acceptors (Lipinski definition) is 3. The molecule has 2 aliphatic carbocycles. The lowest BCUT2D eigenvalue weighted by Gasteiger charge is -2.38. The first-order valence-electron chi connectivity index (χ1n) is 5.90. The van der Waals surface area contributed by atoms with Crippen LogP contribution in [0.3, 0.4) is 0 Å². The van der Waals surface area contributed by atoms with Crippen LogP contribution in [0.5, 0.6) is 0 Å². The maximum Gasteiger partial charge on any atom is 0.0594 e. The molecule has 2 saturated carbocycles. The molecule has 0 radical (unpaired) electrons. The highest BCUT2D eigenvalue weighted by Crippen LogP contribution is 2.48. The summed E-state index contributed by atoms with van der Waals surface area (Å²) in [4.78, 5) is 2.59. The van der Waals surface area contributed by atoms with Crippen molar-refractivity contribution in [3.05, 3.63) is 0 Å². The highest BCUT2D eigenvalue weighted by Gasteiger charge is 2.53. The van der Waals surface area contributed by atoms with E-state index in [1.165, 1.54) is 25.7 Å². The predicted octanol–water partition coefficient (Wildman–Crippen LogP) is 0.588. The summed E-state index contributed by atoms with van der Waals surface area (Å²) in [6.45, 7) is 4.00. The molecule has 0 aromatic rings. The number of ether oxygens (including phenoxy) is 1. The van der Waals surface area contributed by atoms with Crippen molar-refractivity contribution >= 4 is 0 Å². The van der Waals surface area contributed by atoms with E-state index in [0.717, 1.165) is 32.2 Å². The van der Waals surface area contributed by atoms with Crippen LogP contribution in [-0.2, 0) is 4.74 Å². The van der Waals surface area contributed by atoms with Gasteiger partial charge in [0.25, 0.3) is 0 Å². The van der Waals surface area contributed by atoms with Crippen molar-refractivity contribution in [1.82, 2.24) is 4.90 Å². The number of hydrogen-bond donors (Lipinski definition) is 1. The molecule has 14 heavy (non-hydrogen) atoms. The Morgan fingerprint density at radius 1 is 1.21 bits per heavy atom. The summed E-state index contributed by atoms with van der Waals surface area (Å²) in [5.74, 6) is 0.903. The Morgan fingerprint density at radius 3 is 2.36 bits per heavy atom. The van der Waals surface area contributed by atoms with E-state index in [4.69, 9.17) is 10.5 Å². The largest absolute Gasteiger partial charge is 0.379 e. The van der Waals surface area contributed by atoms with E-state index in [1.54, 1.807) is 0 Å². The average molecular weight is 196 g/mol. The minimum Gasteiger partial charge on any atom is -0.379 e. The third kappa shape index (κ3) is 1.58. The Bertz CT molecular complexity index is 217. The maximum atomic E-state index is 6.38. The SMILES string of the molecule is NC1(C(C2CC2)N2CCOCC2)CC1. The number of rotatable bonds is 3. The van der Waals surface area contributed by atoms with Crippen molar-refractivity contribution in [1.29, 1.82) is 0 Å². The lowest BCUT2D eigenvalue weighted by atomic mass is 9.99. The lowest BCUT2D eigenvalue weighted by Crippen LogP contribution is -2.54. The summed E-state index contributed by atoms with van der Waals surface area (Å²) >= 11 is 0. The van der Waals surface area contributed by atoms with Crippen molar-refractivity contribution in [2.24, 2.45) is 11.7 Å². The minimum atomic E-state index is 0.179. The van der Waals surface area contributed by atoms with Crippen molar-refractivity contribution in [2.45, 2.75) is 37.3 Å². The molecule has 1 atom stereocenters. The molecule has 1 saturated heterocycles. The van der Waals surface area contributed by atoms with E-state index < -0.39 is 0 Å². The van der Waals surface area contributed by atoms with E-state index >= 15 is 0 Å². The normalized spacial score (nSPS) is 34.1. The molecule has 3 heteroatoms. The van der Waals surface area contributed by atoms with E-state index in [-0.39, 0.29) is 5.54 Å². The van der Waals surface area contributed by atoms with E-state index in [2.05, 4.69) is 4.90 Å². The van der Waals surface area contributed by atoms with Crippen LogP contribution >= 0.6 is 0 Å². The molecule has 3 nitrogen and oxygen atoms in total. The van der Waals surface area contributed by atoms with Crippen LogP contribution in [0.15, 0.2) is 0 Å². The van der Waals surface area contributed by atoms with Gasteiger partial charge >= 0.3 is 0 Å². The molecule has 3 aliphatic rings. The maximum absolute atomic E-state index is 6.38. The molecule has 0 aromatic heterocycles. The molecular formula is C11H20N2O. The van der Waals surface area contributed by atoms with Gasteiger partial charge in [-0.2, -0.15) is 0 Å². The molecule has 1 aliphatic heterocycles. The second-order valence-corrected chi connectivity index (χ2v) is 5.16. The second kappa shape index (κ2) is 3.19. The van der Waals surface area contributed by atoms with Crippen LogP contribution < -0.4 is 5.73 Å². The summed E-state index contributed by atoms with van der Waals surface area (Å²) in [6.07, 6.45) is 5.29. The van der Waals surface area contributed by atoms with Crippen molar-refractivity contribution in [3.8, 4) is 0 Å². The standard InChI is InChI=1S/C11H20N2O/c12-11(3-4-11)10(9-1-2-9)13-5-7-14-8-6-13/h9-10H,1-8,12H2. The van der Waals surface area contributed by atoms with Gasteiger partial charge in [-0.3, -0.25) is 4.90 Å². The zero-order chi connectivity index (χ0) is 9.60. The fraction of sp³-hybridized carbons (Fsp3) is 1.00. The quantitative estimate of drug-likeness (QED) is 0.718. The van der Waals surface area contributed by atoms with Crippen LogP contribution in [0.25, 0.3) is 0 Å². The first-order valence-corrected chi connectivity index (χ1v) is 5.90. The number of morpholine rings is 1. The molecule has 1 unspecified atom stereocenters. The topological polar surface area (TPSA) is 38.5 Å². The summed E-state index contributed by atoms with van der Waals surface area (Å²) in [5, 5.41) is 0. The zero-order valence-corrected chi connectivity index (χ0v) is 8.74. The van der Waals surface area contributed by atoms with Crippen molar-refractivity contribution in [2.75, 3.05) is 26.3 Å². The van der Waals surface area contributed by atoms with E-state index in [9.17, 15) is 0 Å². The summed E-state index contributed by atoms with van der Waals surface area (Å²) in [6, 6.07) is 0.673. The van der Waals surface area contributed by atoms with Crippen LogP contribution in [-0.4, -0.2) is 42.8 Å². The minimum absolute atomic E-state index is 0.179. The molecule has 0 spiro atoms. The number of nitrogens with zero attached hydrogens (tertiary/aromatic N) is 1. The van der Waals surface area contributed by atoms with E-state index in [1.807, 2.05) is 0 Å². The summed E-state index contributed by atoms with van der Waals surface area (Å²) in [7, 11) is 0. The predicted molar refractivity (Wildman–Crippen MR) is 55.1 cm³/mol. The van der Waals surface area contributed by atoms with Gasteiger partial charge in [0.05, 0.1) is 13.2 Å². The summed E-state index contributed by atoms with van der Waals surface area (Å²) < 4.78 is 5.40. The molecular weight excluding hydrogens is 176 g/mol. The van der Waals surface area contributed by atoms with Crippen LogP contribution in [0.2, 0.25) is 0 Å². The first-order chi connectivity index (χ1) is 6.80. The van der Waals surface area contributed by atoms with Crippen molar-refractivity contribution in [3.63, 3.8) is 0 Å². The number of nitrogens with two attached hydrogens (primary N) is 1. The monoisotopic (exact) mass is 196 g/mol. The second-order valence-electron chi connectivity index (χ2n) is 5.16. The Hall–Kier alpha value is -0.120. The smallest absolute Gasteiger partial charge is 0.0594 e. The van der Waals surface area contributed by atoms with Gasteiger partial charge in [0, 0.05) is 24.7 Å². The molecule has 3 rings (SSSR count). The fourth-order valence-corrected chi connectivity index (χ4v) is 2.84. The highest BCUT2D eigenvalue weighted by molar-refractivity contribution is 5.13. The van der Waals surface area contributed by atoms with Gasteiger partial charge in [0.15, 0.2) is 0 Å². The van der Waals surface area contributed by atoms with E-state index in [0.29, 0.717) is 6.04 Å². The van der Waals surface area contributed by atoms with Gasteiger partial charge in [-0.1, -0.05) is 0 Å². The van der Waals surface area contributed by atoms with Gasteiger partial charge in [0.1, 0.15) is 0 Å². The summed E-state index contributed by atoms with van der Waals surface area (Å²) in [5.41, 5.74) is 6.56. The Morgan fingerprint density at radius 2 is 1.86 bits per heavy atom. The first kappa shape index (κ1) is 9.13. The average Bonchev–Trinajstić information content (AvgIpc) is 3.08. The molecule has 1 heterocycles. The van der Waals surface area contributed by atoms with Crippen LogP contribution in [0.4, 0.5) is 0 Å². The highest BCUT2D eigenvalue weighted by atomic mass is 16.5. The molecule has 0 bridgehead atoms. The van der Waals surface area contributed by atoms with Crippen molar-refractivity contribution < 1.29 is 4.74 Å². The fourth-order valence-electron chi connectivity index (χ4n) is 2.84. The zero-order valence-electron chi connectivity index (χ0n) is 8.74.